The van der Waals surface area contributed by atoms with Gasteiger partial charge in [0.05, 0.1) is 47.5 Å². The number of amides is 1. The van der Waals surface area contributed by atoms with Gasteiger partial charge in [0.15, 0.2) is 5.70 Å². The van der Waals surface area contributed by atoms with E-state index in [9.17, 15) is 19.5 Å². The van der Waals surface area contributed by atoms with E-state index in [0.29, 0.717) is 58.3 Å². The molecule has 2 bridgehead atoms. The van der Waals surface area contributed by atoms with E-state index < -0.39 is 5.97 Å². The van der Waals surface area contributed by atoms with Crippen molar-refractivity contribution in [3.8, 4) is 22.6 Å². The standard InChI is InChI=1S/C29H28ClN9O4/c1-16-4-3-5-24(17-8-9-31-21(10-17)27-22(34-28(16)41)13-33-37(27)2)38-15-32-20(12-26(38)40)19-11-18(30)6-7-25(19)39-14-23(29(42)43)35-36-39/h6-16,24,35-36H,3-5H2,1-2H3,(H,34,41)(H,42,43)/t16-,24+/m1/s1. The molecule has 43 heavy (non-hydrogen) atoms. The second kappa shape index (κ2) is 11.3. The molecule has 220 valence electrons. The quantitative estimate of drug-likeness (QED) is 0.273. The van der Waals surface area contributed by atoms with Crippen LogP contribution in [0.3, 0.4) is 0 Å². The van der Waals surface area contributed by atoms with E-state index in [0.717, 1.165) is 5.56 Å². The van der Waals surface area contributed by atoms with Crippen LogP contribution in [0, 0.1) is 5.92 Å². The van der Waals surface area contributed by atoms with Crippen LogP contribution in [-0.4, -0.2) is 41.3 Å². The summed E-state index contributed by atoms with van der Waals surface area (Å²) in [5, 5.41) is 18.6. The number of nitrogens with zero attached hydrogens (tertiary/aromatic N) is 6. The normalized spacial score (nSPS) is 18.5. The van der Waals surface area contributed by atoms with Gasteiger partial charge in [-0.25, -0.2) is 9.78 Å². The van der Waals surface area contributed by atoms with Crippen molar-refractivity contribution in [1.29, 1.82) is 0 Å². The van der Waals surface area contributed by atoms with Crippen molar-refractivity contribution in [2.24, 2.45) is 13.0 Å². The number of carboxylic acid groups (broad SMARTS) is 1. The Morgan fingerprint density at radius 3 is 2.70 bits per heavy atom. The van der Waals surface area contributed by atoms with E-state index >= 15 is 0 Å². The fraction of sp³-hybridized carbons (Fsp3) is 0.241. The van der Waals surface area contributed by atoms with Crippen LogP contribution >= 0.6 is 11.6 Å². The van der Waals surface area contributed by atoms with E-state index in [4.69, 9.17) is 11.6 Å². The molecule has 2 atom stereocenters. The number of halogens is 1. The number of anilines is 2. The van der Waals surface area contributed by atoms with E-state index in [2.05, 4.69) is 31.3 Å². The molecular weight excluding hydrogens is 574 g/mol. The van der Waals surface area contributed by atoms with Gasteiger partial charge in [-0.3, -0.25) is 34.3 Å². The number of aliphatic carboxylic acids is 1. The number of aromatic nitrogens is 5. The van der Waals surface area contributed by atoms with E-state index in [1.807, 2.05) is 19.1 Å². The first-order valence-electron chi connectivity index (χ1n) is 13.6. The molecule has 0 unspecified atom stereocenters. The monoisotopic (exact) mass is 601 g/mol. The van der Waals surface area contributed by atoms with Crippen molar-refractivity contribution in [3.63, 3.8) is 0 Å². The number of nitrogens with one attached hydrogen (secondary N) is 3. The SMILES string of the molecule is C[C@@H]1CCC[C@H](n2cnc(-c3cc(Cl)ccc3N3C=C(C(=O)O)NN3)cc2=O)c2ccnc(c2)-c2c(cnn2C)NC1=O. The van der Waals surface area contributed by atoms with Crippen LogP contribution < -0.4 is 26.8 Å². The first kappa shape index (κ1) is 28.1. The third-order valence-electron chi connectivity index (χ3n) is 7.64. The minimum absolute atomic E-state index is 0.0476. The minimum Gasteiger partial charge on any atom is -0.476 e. The second-order valence-corrected chi connectivity index (χ2v) is 10.9. The van der Waals surface area contributed by atoms with Gasteiger partial charge in [0, 0.05) is 35.8 Å². The Morgan fingerprint density at radius 1 is 1.09 bits per heavy atom. The number of fused-ring (bicyclic) bond motifs is 4. The summed E-state index contributed by atoms with van der Waals surface area (Å²) in [5.41, 5.74) is 9.21. The van der Waals surface area contributed by atoms with Crippen LogP contribution in [0.2, 0.25) is 5.02 Å². The first-order chi connectivity index (χ1) is 20.7. The summed E-state index contributed by atoms with van der Waals surface area (Å²) in [6.45, 7) is 1.88. The Balaban J connectivity index is 1.41. The molecule has 1 amide bonds. The molecular formula is C29H28ClN9O4. The Hall–Kier alpha value is -5.01. The number of carbonyl (C=O) groups excluding carboxylic acids is 1. The number of aryl methyl sites for hydroxylation is 1. The average molecular weight is 602 g/mol. The Kier molecular flexibility index (Phi) is 7.42. The number of carbonyl (C=O) groups is 2. The largest absolute Gasteiger partial charge is 0.476 e. The zero-order valence-electron chi connectivity index (χ0n) is 23.3. The first-order valence-corrected chi connectivity index (χ1v) is 14.0. The summed E-state index contributed by atoms with van der Waals surface area (Å²) in [4.78, 5) is 47.2. The lowest BCUT2D eigenvalue weighted by Crippen LogP contribution is -2.37. The van der Waals surface area contributed by atoms with Crippen molar-refractivity contribution in [2.45, 2.75) is 32.2 Å². The van der Waals surface area contributed by atoms with Crippen molar-refractivity contribution in [1.82, 2.24) is 35.3 Å². The van der Waals surface area contributed by atoms with Gasteiger partial charge in [0.2, 0.25) is 5.91 Å². The maximum atomic E-state index is 13.7. The van der Waals surface area contributed by atoms with Crippen molar-refractivity contribution in [2.75, 3.05) is 10.3 Å². The van der Waals surface area contributed by atoms with Gasteiger partial charge in [-0.15, -0.1) is 5.53 Å². The van der Waals surface area contributed by atoms with Crippen molar-refractivity contribution in [3.05, 3.63) is 88.0 Å². The molecule has 4 N–H and O–H groups in total. The molecule has 1 aromatic carbocycles. The minimum atomic E-state index is -1.13. The third kappa shape index (κ3) is 5.47. The lowest BCUT2D eigenvalue weighted by atomic mass is 9.95. The Bertz CT molecular complexity index is 1830. The maximum Gasteiger partial charge on any atom is 0.354 e. The van der Waals surface area contributed by atoms with Crippen molar-refractivity contribution < 1.29 is 14.7 Å². The van der Waals surface area contributed by atoms with Crippen LogP contribution in [0.1, 0.15) is 37.8 Å². The highest BCUT2D eigenvalue weighted by atomic mass is 35.5. The molecule has 2 aliphatic rings. The van der Waals surface area contributed by atoms with Gasteiger partial charge in [-0.1, -0.05) is 24.9 Å². The van der Waals surface area contributed by atoms with Gasteiger partial charge < -0.3 is 10.4 Å². The molecule has 13 nitrogen and oxygen atoms in total. The zero-order chi connectivity index (χ0) is 30.2. The highest BCUT2D eigenvalue weighted by Gasteiger charge is 2.25. The highest BCUT2D eigenvalue weighted by molar-refractivity contribution is 6.31. The average Bonchev–Trinajstić information content (AvgIpc) is 3.62. The molecule has 0 saturated carbocycles. The number of carboxylic acids is 1. The number of rotatable bonds is 4. The summed E-state index contributed by atoms with van der Waals surface area (Å²) in [6, 6.07) is 9.90. The number of hydrazine groups is 2. The van der Waals surface area contributed by atoms with Gasteiger partial charge in [0.1, 0.15) is 5.69 Å². The number of hydrogen-bond acceptors (Lipinski definition) is 9. The molecule has 3 aromatic heterocycles. The van der Waals surface area contributed by atoms with Crippen LogP contribution in [0.25, 0.3) is 22.6 Å². The molecule has 4 aromatic rings. The lowest BCUT2D eigenvalue weighted by Gasteiger charge is -2.23. The Morgan fingerprint density at radius 2 is 1.93 bits per heavy atom. The molecule has 0 fully saturated rings. The van der Waals surface area contributed by atoms with Crippen molar-refractivity contribution >= 4 is 34.9 Å². The molecule has 14 heteroatoms. The molecule has 2 aliphatic heterocycles. The third-order valence-corrected chi connectivity index (χ3v) is 7.87. The fourth-order valence-electron chi connectivity index (χ4n) is 5.35. The van der Waals surface area contributed by atoms with Crippen LogP contribution in [0.15, 0.2) is 71.8 Å². The van der Waals surface area contributed by atoms with Crippen LogP contribution in [-0.2, 0) is 16.6 Å². The van der Waals surface area contributed by atoms with Gasteiger partial charge in [-0.05, 0) is 48.7 Å². The zero-order valence-corrected chi connectivity index (χ0v) is 24.0. The summed E-state index contributed by atoms with van der Waals surface area (Å²) < 4.78 is 3.25. The maximum absolute atomic E-state index is 13.7. The van der Waals surface area contributed by atoms with Crippen LogP contribution in [0.4, 0.5) is 11.4 Å². The molecule has 0 saturated heterocycles. The molecule has 0 spiro atoms. The molecule has 0 radical (unpaired) electrons. The summed E-state index contributed by atoms with van der Waals surface area (Å²) in [5.74, 6) is -1.48. The fourth-order valence-corrected chi connectivity index (χ4v) is 5.53. The molecule has 5 heterocycles. The number of pyridine rings is 1. The van der Waals surface area contributed by atoms with Gasteiger partial charge in [0.25, 0.3) is 5.56 Å². The van der Waals surface area contributed by atoms with Crippen LogP contribution in [0.5, 0.6) is 0 Å². The van der Waals surface area contributed by atoms with Gasteiger partial charge >= 0.3 is 5.97 Å². The summed E-state index contributed by atoms with van der Waals surface area (Å²) >= 11 is 6.32. The topological polar surface area (TPSA) is 159 Å². The summed E-state index contributed by atoms with van der Waals surface area (Å²) in [7, 11) is 1.79. The predicted molar refractivity (Wildman–Crippen MR) is 160 cm³/mol. The lowest BCUT2D eigenvalue weighted by molar-refractivity contribution is -0.133. The van der Waals surface area contributed by atoms with Gasteiger partial charge in [-0.2, -0.15) is 5.10 Å². The molecule has 0 aliphatic carbocycles. The smallest absolute Gasteiger partial charge is 0.354 e. The number of benzene rings is 1. The molecule has 6 rings (SSSR count). The summed E-state index contributed by atoms with van der Waals surface area (Å²) in [6.07, 6.45) is 8.11. The van der Waals surface area contributed by atoms with E-state index in [1.54, 1.807) is 46.9 Å². The predicted octanol–water partition coefficient (Wildman–Crippen LogP) is 3.46. The number of hydrogen-bond donors (Lipinski definition) is 4. The second-order valence-electron chi connectivity index (χ2n) is 10.5. The van der Waals surface area contributed by atoms with E-state index in [1.165, 1.54) is 23.6 Å². The Labute approximate surface area is 250 Å². The van der Waals surface area contributed by atoms with E-state index in [-0.39, 0.29) is 29.1 Å². The highest BCUT2D eigenvalue weighted by Crippen LogP contribution is 2.34.